The van der Waals surface area contributed by atoms with Crippen LogP contribution >= 0.6 is 0 Å². The molecule has 3 aliphatic rings. The van der Waals surface area contributed by atoms with E-state index in [9.17, 15) is 9.18 Å². The fourth-order valence-corrected chi connectivity index (χ4v) is 4.12. The van der Waals surface area contributed by atoms with Gasteiger partial charge in [0, 0.05) is 44.0 Å². The Hall–Kier alpha value is -2.54. The molecule has 1 saturated heterocycles. The standard InChI is InChI=1S/C22H25FN4O2/c23-17-5-1-15(2-6-17)13-20-24-19-7-8-27(22(28)16-3-4-16)14-18(19)21(25-20)26-9-11-29-12-10-26/h1-2,5-6,16H,3-4,7-14H2. The van der Waals surface area contributed by atoms with E-state index >= 15 is 0 Å². The SMILES string of the molecule is O=C(C1CC1)N1CCc2nc(Cc3ccc(F)cc3)nc(N3CCOCC3)c2C1. The number of benzene rings is 1. The van der Waals surface area contributed by atoms with Crippen molar-refractivity contribution < 1.29 is 13.9 Å². The predicted octanol–water partition coefficient (Wildman–Crippen LogP) is 2.34. The fourth-order valence-electron chi connectivity index (χ4n) is 4.12. The molecule has 2 aromatic rings. The molecule has 29 heavy (non-hydrogen) atoms. The monoisotopic (exact) mass is 396 g/mol. The van der Waals surface area contributed by atoms with Crippen LogP contribution in [0.5, 0.6) is 0 Å². The zero-order valence-electron chi connectivity index (χ0n) is 16.4. The van der Waals surface area contributed by atoms with E-state index in [1.54, 1.807) is 12.1 Å². The Kier molecular flexibility index (Phi) is 4.91. The van der Waals surface area contributed by atoms with Crippen molar-refractivity contribution in [1.82, 2.24) is 14.9 Å². The third-order valence-corrected chi connectivity index (χ3v) is 5.91. The number of hydrogen-bond donors (Lipinski definition) is 0. The van der Waals surface area contributed by atoms with Crippen LogP contribution in [0.15, 0.2) is 24.3 Å². The van der Waals surface area contributed by atoms with E-state index in [0.29, 0.717) is 26.2 Å². The van der Waals surface area contributed by atoms with Crippen molar-refractivity contribution in [3.05, 3.63) is 52.7 Å². The molecule has 0 N–H and O–H groups in total. The molecule has 5 rings (SSSR count). The number of anilines is 1. The van der Waals surface area contributed by atoms with Crippen LogP contribution < -0.4 is 4.90 Å². The van der Waals surface area contributed by atoms with Crippen molar-refractivity contribution in [2.75, 3.05) is 37.7 Å². The lowest BCUT2D eigenvalue weighted by molar-refractivity contribution is -0.133. The summed E-state index contributed by atoms with van der Waals surface area (Å²) in [6.45, 7) is 4.24. The predicted molar refractivity (Wildman–Crippen MR) is 106 cm³/mol. The van der Waals surface area contributed by atoms with E-state index in [1.165, 1.54) is 12.1 Å². The molecular formula is C22H25FN4O2. The van der Waals surface area contributed by atoms with E-state index in [-0.39, 0.29) is 17.6 Å². The number of morpholine rings is 1. The van der Waals surface area contributed by atoms with Crippen LogP contribution in [0.25, 0.3) is 0 Å². The molecule has 6 nitrogen and oxygen atoms in total. The summed E-state index contributed by atoms with van der Waals surface area (Å²) in [5, 5.41) is 0. The second-order valence-electron chi connectivity index (χ2n) is 8.08. The van der Waals surface area contributed by atoms with Gasteiger partial charge < -0.3 is 14.5 Å². The van der Waals surface area contributed by atoms with Gasteiger partial charge in [0.1, 0.15) is 17.5 Å². The number of carbonyl (C=O) groups is 1. The summed E-state index contributed by atoms with van der Waals surface area (Å²) in [5.74, 6) is 1.94. The number of carbonyl (C=O) groups excluding carboxylic acids is 1. The summed E-state index contributed by atoms with van der Waals surface area (Å²) in [5.41, 5.74) is 3.11. The molecule has 2 aliphatic heterocycles. The summed E-state index contributed by atoms with van der Waals surface area (Å²) in [4.78, 5) is 26.6. The van der Waals surface area contributed by atoms with E-state index in [2.05, 4.69) is 4.90 Å². The molecule has 0 atom stereocenters. The van der Waals surface area contributed by atoms with Crippen molar-refractivity contribution in [3.8, 4) is 0 Å². The number of nitrogens with zero attached hydrogens (tertiary/aromatic N) is 4. The smallest absolute Gasteiger partial charge is 0.225 e. The van der Waals surface area contributed by atoms with Crippen LogP contribution in [-0.2, 0) is 28.9 Å². The Morgan fingerprint density at radius 3 is 2.59 bits per heavy atom. The molecule has 1 aliphatic carbocycles. The number of halogens is 1. The molecule has 7 heteroatoms. The minimum atomic E-state index is -0.241. The molecule has 2 fully saturated rings. The van der Waals surface area contributed by atoms with Gasteiger partial charge in [-0.3, -0.25) is 4.79 Å². The first-order valence-corrected chi connectivity index (χ1v) is 10.4. The highest BCUT2D eigenvalue weighted by atomic mass is 19.1. The minimum Gasteiger partial charge on any atom is -0.378 e. The summed E-state index contributed by atoms with van der Waals surface area (Å²) < 4.78 is 18.8. The molecular weight excluding hydrogens is 371 g/mol. The molecule has 1 aromatic heterocycles. The first-order valence-electron chi connectivity index (χ1n) is 10.4. The Morgan fingerprint density at radius 1 is 1.10 bits per heavy atom. The van der Waals surface area contributed by atoms with Gasteiger partial charge in [0.25, 0.3) is 0 Å². The number of hydrogen-bond acceptors (Lipinski definition) is 5. The highest BCUT2D eigenvalue weighted by Gasteiger charge is 2.36. The van der Waals surface area contributed by atoms with Gasteiger partial charge in [-0.25, -0.2) is 14.4 Å². The average molecular weight is 396 g/mol. The summed E-state index contributed by atoms with van der Waals surface area (Å²) in [7, 11) is 0. The third-order valence-electron chi connectivity index (χ3n) is 5.91. The zero-order chi connectivity index (χ0) is 19.8. The van der Waals surface area contributed by atoms with Gasteiger partial charge in [-0.2, -0.15) is 0 Å². The number of fused-ring (bicyclic) bond motifs is 1. The largest absolute Gasteiger partial charge is 0.378 e. The minimum absolute atomic E-state index is 0.224. The van der Waals surface area contributed by atoms with Crippen LogP contribution in [0, 0.1) is 11.7 Å². The lowest BCUT2D eigenvalue weighted by Crippen LogP contribution is -2.41. The Bertz CT molecular complexity index is 908. The maximum absolute atomic E-state index is 13.2. The van der Waals surface area contributed by atoms with Crippen LogP contribution in [0.2, 0.25) is 0 Å². The molecule has 152 valence electrons. The first kappa shape index (κ1) is 18.5. The van der Waals surface area contributed by atoms with Crippen LogP contribution in [0.1, 0.15) is 35.5 Å². The molecule has 0 bridgehead atoms. The van der Waals surface area contributed by atoms with E-state index in [1.807, 2.05) is 4.90 Å². The topological polar surface area (TPSA) is 58.6 Å². The lowest BCUT2D eigenvalue weighted by Gasteiger charge is -2.34. The normalized spacial score (nSPS) is 19.2. The van der Waals surface area contributed by atoms with Crippen molar-refractivity contribution in [2.45, 2.75) is 32.2 Å². The molecule has 3 heterocycles. The molecule has 1 saturated carbocycles. The zero-order valence-corrected chi connectivity index (χ0v) is 16.4. The third kappa shape index (κ3) is 3.96. The van der Waals surface area contributed by atoms with Crippen LogP contribution in [-0.4, -0.2) is 53.6 Å². The average Bonchev–Trinajstić information content (AvgIpc) is 3.60. The number of rotatable bonds is 4. The summed E-state index contributed by atoms with van der Waals surface area (Å²) in [6.07, 6.45) is 3.36. The second kappa shape index (κ2) is 7.71. The molecule has 1 amide bonds. The van der Waals surface area contributed by atoms with Gasteiger partial charge in [-0.05, 0) is 30.5 Å². The number of amides is 1. The maximum Gasteiger partial charge on any atom is 0.225 e. The van der Waals surface area contributed by atoms with Crippen molar-refractivity contribution in [1.29, 1.82) is 0 Å². The maximum atomic E-state index is 13.2. The quantitative estimate of drug-likeness (QED) is 0.794. The Balaban J connectivity index is 1.47. The summed E-state index contributed by atoms with van der Waals surface area (Å²) >= 11 is 0. The summed E-state index contributed by atoms with van der Waals surface area (Å²) in [6, 6.07) is 6.50. The van der Waals surface area contributed by atoms with Crippen LogP contribution in [0.4, 0.5) is 10.2 Å². The molecule has 0 radical (unpaired) electrons. The van der Waals surface area contributed by atoms with Gasteiger partial charge in [-0.15, -0.1) is 0 Å². The van der Waals surface area contributed by atoms with E-state index in [4.69, 9.17) is 14.7 Å². The molecule has 0 spiro atoms. The number of ether oxygens (including phenoxy) is 1. The first-order chi connectivity index (χ1) is 14.2. The Labute approximate surface area is 169 Å². The molecule has 1 aromatic carbocycles. The van der Waals surface area contributed by atoms with Gasteiger partial charge in [-0.1, -0.05) is 12.1 Å². The highest BCUT2D eigenvalue weighted by molar-refractivity contribution is 5.81. The van der Waals surface area contributed by atoms with Gasteiger partial charge in [0.2, 0.25) is 5.91 Å². The Morgan fingerprint density at radius 2 is 1.86 bits per heavy atom. The highest BCUT2D eigenvalue weighted by Crippen LogP contribution is 2.34. The lowest BCUT2D eigenvalue weighted by atomic mass is 10.0. The van der Waals surface area contributed by atoms with Gasteiger partial charge >= 0.3 is 0 Å². The van der Waals surface area contributed by atoms with E-state index in [0.717, 1.165) is 67.4 Å². The fraction of sp³-hybridized carbons (Fsp3) is 0.500. The van der Waals surface area contributed by atoms with Gasteiger partial charge in [0.15, 0.2) is 0 Å². The number of aromatic nitrogens is 2. The second-order valence-corrected chi connectivity index (χ2v) is 8.08. The van der Waals surface area contributed by atoms with Gasteiger partial charge in [0.05, 0.1) is 25.5 Å². The van der Waals surface area contributed by atoms with Crippen LogP contribution in [0.3, 0.4) is 0 Å². The van der Waals surface area contributed by atoms with Crippen molar-refractivity contribution >= 4 is 11.7 Å². The molecule has 0 unspecified atom stereocenters. The van der Waals surface area contributed by atoms with Crippen molar-refractivity contribution in [2.24, 2.45) is 5.92 Å². The van der Waals surface area contributed by atoms with E-state index < -0.39 is 0 Å². The van der Waals surface area contributed by atoms with Crippen molar-refractivity contribution in [3.63, 3.8) is 0 Å².